The van der Waals surface area contributed by atoms with Crippen LogP contribution in [0.4, 0.5) is 5.82 Å². The molecule has 41 heavy (non-hydrogen) atoms. The highest BCUT2D eigenvalue weighted by molar-refractivity contribution is 7.48. The fourth-order valence-electron chi connectivity index (χ4n) is 4.84. The summed E-state index contributed by atoms with van der Waals surface area (Å²) < 4.78 is 48.5. The van der Waals surface area contributed by atoms with Crippen LogP contribution in [0.3, 0.4) is 0 Å². The van der Waals surface area contributed by atoms with Gasteiger partial charge in [-0.1, -0.05) is 26.7 Å². The molecule has 0 spiro atoms. The number of anilines is 1. The number of esters is 2. The Morgan fingerprint density at radius 1 is 1.29 bits per heavy atom. The van der Waals surface area contributed by atoms with Gasteiger partial charge in [0.25, 0.3) is 0 Å². The second kappa shape index (κ2) is 12.0. The van der Waals surface area contributed by atoms with Crippen molar-refractivity contribution in [3.63, 3.8) is 0 Å². The summed E-state index contributed by atoms with van der Waals surface area (Å²) in [5.74, 6) is -1.27. The van der Waals surface area contributed by atoms with Gasteiger partial charge in [0.2, 0.25) is 12.4 Å². The molecular formula is C26H36N5O9P. The van der Waals surface area contributed by atoms with Crippen LogP contribution in [0.5, 0.6) is 0 Å². The number of carbonyl (C=O) groups is 2. The van der Waals surface area contributed by atoms with Crippen molar-refractivity contribution in [2.45, 2.75) is 84.2 Å². The number of rotatable bonds is 10. The fraction of sp³-hybridized carbons (Fsp3) is 0.654. The van der Waals surface area contributed by atoms with Crippen LogP contribution in [-0.2, 0) is 47.5 Å². The lowest BCUT2D eigenvalue weighted by molar-refractivity contribution is -0.170. The largest absolute Gasteiger partial charge is 0.478 e. The highest BCUT2D eigenvalue weighted by atomic mass is 31.2. The lowest BCUT2D eigenvalue weighted by Gasteiger charge is -2.33. The van der Waals surface area contributed by atoms with Gasteiger partial charge in [-0.05, 0) is 45.7 Å². The van der Waals surface area contributed by atoms with Crippen LogP contribution in [0.15, 0.2) is 18.5 Å². The van der Waals surface area contributed by atoms with E-state index in [0.29, 0.717) is 18.4 Å². The third-order valence-corrected chi connectivity index (χ3v) is 8.33. The van der Waals surface area contributed by atoms with Gasteiger partial charge < -0.3 is 19.9 Å². The summed E-state index contributed by atoms with van der Waals surface area (Å²) in [5.41, 5.74) is 3.66. The summed E-state index contributed by atoms with van der Waals surface area (Å²) >= 11 is 0. The predicted molar refractivity (Wildman–Crippen MR) is 143 cm³/mol. The molecule has 0 aromatic carbocycles. The molecule has 0 unspecified atom stereocenters. The molecule has 2 aromatic heterocycles. The van der Waals surface area contributed by atoms with Crippen LogP contribution in [0.25, 0.3) is 5.52 Å². The first kappa shape index (κ1) is 30.9. The summed E-state index contributed by atoms with van der Waals surface area (Å²) in [5, 5.41) is 14.7. The fourth-order valence-corrected chi connectivity index (χ4v) is 6.09. The van der Waals surface area contributed by atoms with Crippen molar-refractivity contribution >= 4 is 31.1 Å². The summed E-state index contributed by atoms with van der Waals surface area (Å²) in [4.78, 5) is 29.5. The topological polar surface area (TPSA) is 187 Å². The van der Waals surface area contributed by atoms with Crippen molar-refractivity contribution in [3.05, 3.63) is 24.2 Å². The van der Waals surface area contributed by atoms with Gasteiger partial charge in [0.05, 0.1) is 23.6 Å². The third-order valence-electron chi connectivity index (χ3n) is 6.94. The molecule has 2 aliphatic rings. The smallest absolute Gasteiger partial charge is 0.454 e. The van der Waals surface area contributed by atoms with Crippen molar-refractivity contribution in [1.29, 1.82) is 5.26 Å². The molecule has 0 bridgehead atoms. The number of fused-ring (bicyclic) bond motifs is 2. The summed E-state index contributed by atoms with van der Waals surface area (Å²) in [6, 6.07) is 5.27. The average molecular weight is 594 g/mol. The minimum absolute atomic E-state index is 0.158. The Kier molecular flexibility index (Phi) is 9.06. The first-order chi connectivity index (χ1) is 19.4. The van der Waals surface area contributed by atoms with Crippen LogP contribution in [0, 0.1) is 22.7 Å². The van der Waals surface area contributed by atoms with E-state index in [4.69, 9.17) is 33.5 Å². The average Bonchev–Trinajstić information content (AvgIpc) is 3.48. The van der Waals surface area contributed by atoms with E-state index in [0.717, 1.165) is 12.8 Å². The number of nitriles is 1. The van der Waals surface area contributed by atoms with Crippen molar-refractivity contribution in [2.75, 3.05) is 19.1 Å². The van der Waals surface area contributed by atoms with Crippen molar-refractivity contribution < 1.29 is 41.9 Å². The number of aromatic nitrogens is 3. The zero-order chi connectivity index (χ0) is 30.0. The first-order valence-corrected chi connectivity index (χ1v) is 15.0. The molecule has 224 valence electrons. The van der Waals surface area contributed by atoms with Gasteiger partial charge >= 0.3 is 19.8 Å². The van der Waals surface area contributed by atoms with E-state index in [1.807, 2.05) is 13.8 Å². The Bertz CT molecular complexity index is 1360. The van der Waals surface area contributed by atoms with E-state index in [1.165, 1.54) is 10.8 Å². The summed E-state index contributed by atoms with van der Waals surface area (Å²) in [7, 11) is -4.33. The quantitative estimate of drug-likeness (QED) is 0.239. The minimum Gasteiger partial charge on any atom is -0.454 e. The van der Waals surface area contributed by atoms with E-state index in [2.05, 4.69) is 16.2 Å². The Labute approximate surface area is 238 Å². The maximum atomic E-state index is 13.5. The predicted octanol–water partition coefficient (Wildman–Crippen LogP) is 3.64. The highest BCUT2D eigenvalue weighted by Gasteiger charge is 2.65. The second-order valence-electron chi connectivity index (χ2n) is 11.0. The summed E-state index contributed by atoms with van der Waals surface area (Å²) in [6.45, 7) is 7.89. The minimum atomic E-state index is -4.33. The summed E-state index contributed by atoms with van der Waals surface area (Å²) in [6.07, 6.45) is 0.488. The molecule has 0 aliphatic carbocycles. The van der Waals surface area contributed by atoms with Crippen molar-refractivity contribution in [3.8, 4) is 6.07 Å². The van der Waals surface area contributed by atoms with Gasteiger partial charge in [-0.25, -0.2) is 18.6 Å². The van der Waals surface area contributed by atoms with Crippen LogP contribution in [0.2, 0.25) is 0 Å². The molecule has 0 saturated carbocycles. The molecule has 14 nitrogen and oxygen atoms in total. The number of nitrogens with two attached hydrogens (primary N) is 1. The third kappa shape index (κ3) is 6.10. The monoisotopic (exact) mass is 593 g/mol. The Morgan fingerprint density at radius 3 is 2.63 bits per heavy atom. The molecule has 2 saturated heterocycles. The number of carbonyl (C=O) groups excluding carboxylic acids is 2. The number of nitrogen functional groups attached to an aromatic ring is 1. The van der Waals surface area contributed by atoms with Crippen LogP contribution in [0.1, 0.15) is 66.0 Å². The van der Waals surface area contributed by atoms with E-state index in [1.54, 1.807) is 32.9 Å². The molecule has 2 aliphatic heterocycles. The van der Waals surface area contributed by atoms with Crippen molar-refractivity contribution in [2.24, 2.45) is 11.3 Å². The van der Waals surface area contributed by atoms with E-state index < -0.39 is 55.9 Å². The van der Waals surface area contributed by atoms with Crippen LogP contribution >= 0.6 is 7.82 Å². The maximum absolute atomic E-state index is 13.5. The van der Waals surface area contributed by atoms with E-state index >= 15 is 0 Å². The first-order valence-electron chi connectivity index (χ1n) is 13.5. The molecule has 2 N–H and O–H groups in total. The Hall–Kier alpha value is -3.08. The van der Waals surface area contributed by atoms with E-state index in [9.17, 15) is 19.4 Å². The molecule has 0 amide bonds. The SMILES string of the molecule is CCCC(CCC)C(=O)OCO[P@@]1(=O)OC[C@H]2O[C@@](C#N)(c3ccc4c(N)ncnn34)[C@H](OC(=O)C(C)(C)C)[C@@H]2O1. The number of phosphoric ester groups is 1. The lowest BCUT2D eigenvalue weighted by atomic mass is 9.91. The Balaban J connectivity index is 1.61. The number of hydrogen-bond acceptors (Lipinski definition) is 13. The number of hydrogen-bond donors (Lipinski definition) is 1. The van der Waals surface area contributed by atoms with Gasteiger partial charge in [-0.3, -0.25) is 18.6 Å². The molecule has 5 atom stereocenters. The molecular weight excluding hydrogens is 557 g/mol. The lowest BCUT2D eigenvalue weighted by Crippen LogP contribution is -2.47. The molecule has 4 heterocycles. The molecule has 2 aromatic rings. The number of phosphoric acid groups is 1. The van der Waals surface area contributed by atoms with Crippen molar-refractivity contribution in [1.82, 2.24) is 14.6 Å². The van der Waals surface area contributed by atoms with Gasteiger partial charge in [0.1, 0.15) is 30.1 Å². The molecule has 0 radical (unpaired) electrons. The van der Waals surface area contributed by atoms with Gasteiger partial charge in [0.15, 0.2) is 11.9 Å². The number of nitrogens with zero attached hydrogens (tertiary/aromatic N) is 4. The van der Waals surface area contributed by atoms with Gasteiger partial charge in [0, 0.05) is 0 Å². The highest BCUT2D eigenvalue weighted by Crippen LogP contribution is 2.58. The molecule has 15 heteroatoms. The number of ether oxygens (including phenoxy) is 3. The van der Waals surface area contributed by atoms with Gasteiger partial charge in [-0.15, -0.1) is 0 Å². The molecule has 2 fully saturated rings. The van der Waals surface area contributed by atoms with Crippen LogP contribution < -0.4 is 5.73 Å². The standard InChI is InChI=1S/C26H36N5O9P/c1-6-8-16(9-7-2)23(32)35-15-37-41(34)36-12-18-20(40-41)21(38-24(33)25(3,4)5)26(13-27,39-18)19-11-10-17-22(28)29-14-30-31(17)19/h10-11,14,16,18,20-21H,6-9,12,15H2,1-5H3,(H2,28,29,30)/t18-,20-,21-,26+,41-/m1/s1. The van der Waals surface area contributed by atoms with Crippen LogP contribution in [-0.4, -0.2) is 58.2 Å². The zero-order valence-electron chi connectivity index (χ0n) is 23.8. The zero-order valence-corrected chi connectivity index (χ0v) is 24.7. The second-order valence-corrected chi connectivity index (χ2v) is 12.7. The Morgan fingerprint density at radius 2 is 2.00 bits per heavy atom. The molecule has 4 rings (SSSR count). The van der Waals surface area contributed by atoms with Gasteiger partial charge in [-0.2, -0.15) is 10.4 Å². The van der Waals surface area contributed by atoms with E-state index in [-0.39, 0.29) is 24.0 Å². The maximum Gasteiger partial charge on any atom is 0.478 e. The normalized spacial score (nSPS) is 27.9.